The predicted molar refractivity (Wildman–Crippen MR) is 133 cm³/mol. The smallest absolute Gasteiger partial charge is 0.0935 e. The largest absolute Gasteiger partial charge is 0.367 e. The fourth-order valence-electron chi connectivity index (χ4n) is 6.12. The van der Waals surface area contributed by atoms with E-state index in [1.807, 2.05) is 12.3 Å². The van der Waals surface area contributed by atoms with Gasteiger partial charge in [0.25, 0.3) is 0 Å². The van der Waals surface area contributed by atoms with E-state index in [0.29, 0.717) is 5.92 Å². The summed E-state index contributed by atoms with van der Waals surface area (Å²) in [5, 5.41) is 2.69. The molecule has 0 unspecified atom stereocenters. The van der Waals surface area contributed by atoms with Crippen LogP contribution in [-0.4, -0.2) is 46.7 Å². The summed E-state index contributed by atoms with van der Waals surface area (Å²) in [6.45, 7) is 4.51. The van der Waals surface area contributed by atoms with E-state index in [9.17, 15) is 0 Å². The summed E-state index contributed by atoms with van der Waals surface area (Å²) in [6, 6.07) is 20.4. The van der Waals surface area contributed by atoms with E-state index in [2.05, 4.69) is 81.1 Å². The number of anilines is 1. The van der Waals surface area contributed by atoms with Crippen LogP contribution in [0.5, 0.6) is 0 Å². The highest BCUT2D eigenvalue weighted by molar-refractivity contribution is 5.90. The Morgan fingerprint density at radius 1 is 0.812 bits per heavy atom. The Kier molecular flexibility index (Phi) is 5.11. The summed E-state index contributed by atoms with van der Waals surface area (Å²) in [4.78, 5) is 9.96. The Hall–Kier alpha value is -2.85. The number of fused-ring (bicyclic) bond motifs is 2. The van der Waals surface area contributed by atoms with Gasteiger partial charge in [-0.15, -0.1) is 0 Å². The minimum absolute atomic E-state index is 0.709. The molecule has 6 rings (SSSR count). The lowest BCUT2D eigenvalue weighted by Crippen LogP contribution is -2.51. The third kappa shape index (κ3) is 3.47. The molecule has 0 amide bonds. The molecule has 0 atom stereocenters. The van der Waals surface area contributed by atoms with Crippen molar-refractivity contribution >= 4 is 27.5 Å². The van der Waals surface area contributed by atoms with Crippen molar-refractivity contribution in [2.24, 2.45) is 7.05 Å². The van der Waals surface area contributed by atoms with Crippen LogP contribution in [-0.2, 0) is 7.05 Å². The lowest BCUT2D eigenvalue weighted by Gasteiger charge is -2.42. The maximum atomic E-state index is 4.67. The molecule has 2 aliphatic rings. The number of pyridine rings is 1. The summed E-state index contributed by atoms with van der Waals surface area (Å²) in [5.74, 6) is 0.709. The van der Waals surface area contributed by atoms with Crippen LogP contribution in [0.4, 0.5) is 5.69 Å². The number of hydrogen-bond donors (Lipinski definition) is 0. The molecule has 2 fully saturated rings. The second-order valence-electron chi connectivity index (χ2n) is 9.59. The molecule has 1 saturated heterocycles. The highest BCUT2D eigenvalue weighted by Crippen LogP contribution is 2.39. The van der Waals surface area contributed by atoms with Gasteiger partial charge in [0.15, 0.2) is 0 Å². The van der Waals surface area contributed by atoms with E-state index in [0.717, 1.165) is 37.7 Å². The van der Waals surface area contributed by atoms with Gasteiger partial charge in [0, 0.05) is 68.0 Å². The molecule has 4 heteroatoms. The number of nitrogens with zero attached hydrogens (tertiary/aromatic N) is 4. The Morgan fingerprint density at radius 2 is 1.59 bits per heavy atom. The number of aryl methyl sites for hydroxylation is 1. The second-order valence-corrected chi connectivity index (χ2v) is 9.59. The molecule has 4 nitrogen and oxygen atoms in total. The fourth-order valence-corrected chi connectivity index (χ4v) is 6.12. The van der Waals surface area contributed by atoms with Gasteiger partial charge in [0.05, 0.1) is 11.2 Å². The van der Waals surface area contributed by atoms with Crippen molar-refractivity contribution in [2.75, 3.05) is 31.1 Å². The molecule has 1 saturated carbocycles. The lowest BCUT2D eigenvalue weighted by molar-refractivity contribution is 0.141. The van der Waals surface area contributed by atoms with E-state index in [4.69, 9.17) is 0 Å². The molecular weight excluding hydrogens is 392 g/mol. The molecule has 2 aromatic heterocycles. The van der Waals surface area contributed by atoms with Gasteiger partial charge < -0.3 is 9.47 Å². The fraction of sp³-hybridized carbons (Fsp3) is 0.393. The summed E-state index contributed by atoms with van der Waals surface area (Å²) in [5.41, 5.74) is 5.36. The third-order valence-corrected chi connectivity index (χ3v) is 7.85. The monoisotopic (exact) mass is 424 g/mol. The molecular formula is C28H32N4. The van der Waals surface area contributed by atoms with E-state index in [1.165, 1.54) is 47.7 Å². The highest BCUT2D eigenvalue weighted by atomic mass is 15.3. The number of hydrogen-bond acceptors (Lipinski definition) is 3. The standard InChI is InChI=1S/C28H32N4/c1-30-20-25(24-8-2-3-9-26(24)30)21-11-13-23(14-12-21)31-16-18-32(19-17-31)27-10-4-6-22-7-5-15-29-28(22)27/h2-10,15,20-21,23H,11-14,16-19H2,1H3. The van der Waals surface area contributed by atoms with E-state index < -0.39 is 0 Å². The maximum absolute atomic E-state index is 4.67. The van der Waals surface area contributed by atoms with Crippen LogP contribution in [0.15, 0.2) is 67.0 Å². The second kappa shape index (κ2) is 8.25. The van der Waals surface area contributed by atoms with Crippen LogP contribution in [0.2, 0.25) is 0 Å². The first-order chi connectivity index (χ1) is 15.8. The highest BCUT2D eigenvalue weighted by Gasteiger charge is 2.30. The van der Waals surface area contributed by atoms with Crippen molar-refractivity contribution < 1.29 is 0 Å². The number of para-hydroxylation sites is 2. The zero-order valence-electron chi connectivity index (χ0n) is 19.0. The minimum atomic E-state index is 0.709. The van der Waals surface area contributed by atoms with Gasteiger partial charge >= 0.3 is 0 Å². The quantitative estimate of drug-likeness (QED) is 0.429. The van der Waals surface area contributed by atoms with Crippen molar-refractivity contribution in [3.8, 4) is 0 Å². The molecule has 4 aromatic rings. The number of rotatable bonds is 3. The van der Waals surface area contributed by atoms with Crippen molar-refractivity contribution in [3.05, 3.63) is 72.6 Å². The van der Waals surface area contributed by atoms with Crippen molar-refractivity contribution in [1.29, 1.82) is 0 Å². The van der Waals surface area contributed by atoms with E-state index >= 15 is 0 Å². The first-order valence-electron chi connectivity index (χ1n) is 12.1. The summed E-state index contributed by atoms with van der Waals surface area (Å²) in [6.07, 6.45) is 9.56. The van der Waals surface area contributed by atoms with Crippen molar-refractivity contribution in [3.63, 3.8) is 0 Å². The first-order valence-corrected chi connectivity index (χ1v) is 12.1. The molecule has 1 aliphatic heterocycles. The van der Waals surface area contributed by atoms with Crippen molar-refractivity contribution in [2.45, 2.75) is 37.6 Å². The van der Waals surface area contributed by atoms with Gasteiger partial charge in [-0.25, -0.2) is 0 Å². The maximum Gasteiger partial charge on any atom is 0.0935 e. The minimum Gasteiger partial charge on any atom is -0.367 e. The Balaban J connectivity index is 1.10. The van der Waals surface area contributed by atoms with Gasteiger partial charge in [0.1, 0.15) is 0 Å². The van der Waals surface area contributed by atoms with Gasteiger partial charge in [-0.3, -0.25) is 9.88 Å². The summed E-state index contributed by atoms with van der Waals surface area (Å²) in [7, 11) is 2.18. The molecule has 164 valence electrons. The first kappa shape index (κ1) is 19.8. The zero-order chi connectivity index (χ0) is 21.5. The number of piperazine rings is 1. The van der Waals surface area contributed by atoms with Crippen molar-refractivity contribution in [1.82, 2.24) is 14.5 Å². The Morgan fingerprint density at radius 3 is 2.44 bits per heavy atom. The third-order valence-electron chi connectivity index (χ3n) is 7.85. The lowest BCUT2D eigenvalue weighted by atomic mass is 9.81. The summed E-state index contributed by atoms with van der Waals surface area (Å²) >= 11 is 0. The van der Waals surface area contributed by atoms with Gasteiger partial charge in [-0.1, -0.05) is 36.4 Å². The van der Waals surface area contributed by atoms with Gasteiger partial charge in [0.2, 0.25) is 0 Å². The molecule has 0 radical (unpaired) electrons. The molecule has 1 aliphatic carbocycles. The SMILES string of the molecule is Cn1cc(C2CCC(N3CCN(c4cccc5cccnc45)CC3)CC2)c2ccccc21. The molecule has 3 heterocycles. The van der Waals surface area contributed by atoms with E-state index in [-0.39, 0.29) is 0 Å². The number of benzene rings is 2. The normalized spacial score (nSPS) is 22.6. The van der Waals surface area contributed by atoms with Gasteiger partial charge in [-0.2, -0.15) is 0 Å². The van der Waals surface area contributed by atoms with Crippen LogP contribution < -0.4 is 4.90 Å². The average Bonchev–Trinajstić information content (AvgIpc) is 3.20. The number of aromatic nitrogens is 2. The molecule has 2 aromatic carbocycles. The van der Waals surface area contributed by atoms with Gasteiger partial charge in [-0.05, 0) is 55.4 Å². The van der Waals surface area contributed by atoms with Crippen LogP contribution in [0, 0.1) is 0 Å². The molecule has 0 bridgehead atoms. The molecule has 0 N–H and O–H groups in total. The molecule has 32 heavy (non-hydrogen) atoms. The Bertz CT molecular complexity index is 1220. The van der Waals surface area contributed by atoms with E-state index in [1.54, 1.807) is 5.56 Å². The summed E-state index contributed by atoms with van der Waals surface area (Å²) < 4.78 is 2.30. The molecule has 0 spiro atoms. The Labute approximate surface area is 190 Å². The zero-order valence-corrected chi connectivity index (χ0v) is 19.0. The average molecular weight is 425 g/mol. The van der Waals surface area contributed by atoms with Crippen LogP contribution >= 0.6 is 0 Å². The van der Waals surface area contributed by atoms with Crippen LogP contribution in [0.25, 0.3) is 21.8 Å². The topological polar surface area (TPSA) is 24.3 Å². The van der Waals surface area contributed by atoms with Crippen LogP contribution in [0.1, 0.15) is 37.2 Å². The van der Waals surface area contributed by atoms with Crippen LogP contribution in [0.3, 0.4) is 0 Å². The predicted octanol–water partition coefficient (Wildman–Crippen LogP) is 5.57.